The minimum Gasteiger partial charge on any atom is -0.458 e. The van der Waals surface area contributed by atoms with Gasteiger partial charge in [-0.25, -0.2) is 20.0 Å². The number of nitrogens with one attached hydrogen (secondary N) is 1. The van der Waals surface area contributed by atoms with Crippen molar-refractivity contribution in [3.8, 4) is 0 Å². The highest BCUT2D eigenvalue weighted by atomic mass is 16.6. The number of carbonyl (C=O) groups excluding carboxylic acids is 2. The maximum Gasteiger partial charge on any atom is 0.425 e. The Bertz CT molecular complexity index is 464. The Morgan fingerprint density at radius 1 is 1.27 bits per heavy atom. The number of hydrogen-bond donors (Lipinski definition) is 1. The van der Waals surface area contributed by atoms with Crippen LogP contribution in [-0.4, -0.2) is 36.8 Å². The van der Waals surface area contributed by atoms with Gasteiger partial charge in [-0.1, -0.05) is 43.7 Å². The number of esters is 1. The topological polar surface area (TPSA) is 67.9 Å². The molecule has 0 aliphatic heterocycles. The third kappa shape index (κ3) is 6.13. The SMILES string of the molecule is CCCCN(NC)C(=O)OC(C)C(=O)OCc1ccccc1. The van der Waals surface area contributed by atoms with Crippen molar-refractivity contribution in [2.75, 3.05) is 13.6 Å². The highest BCUT2D eigenvalue weighted by Gasteiger charge is 2.22. The molecule has 0 heterocycles. The molecule has 1 unspecified atom stereocenters. The Morgan fingerprint density at radius 2 is 1.95 bits per heavy atom. The van der Waals surface area contributed by atoms with E-state index >= 15 is 0 Å². The van der Waals surface area contributed by atoms with Gasteiger partial charge >= 0.3 is 12.1 Å². The van der Waals surface area contributed by atoms with Crippen LogP contribution < -0.4 is 5.43 Å². The number of hydrogen-bond acceptors (Lipinski definition) is 5. The Balaban J connectivity index is 2.40. The largest absolute Gasteiger partial charge is 0.458 e. The van der Waals surface area contributed by atoms with Gasteiger partial charge in [-0.3, -0.25) is 0 Å². The molecule has 1 atom stereocenters. The molecule has 22 heavy (non-hydrogen) atoms. The number of unbranched alkanes of at least 4 members (excludes halogenated alkanes) is 1. The van der Waals surface area contributed by atoms with Crippen LogP contribution in [0.25, 0.3) is 0 Å². The summed E-state index contributed by atoms with van der Waals surface area (Å²) >= 11 is 0. The lowest BCUT2D eigenvalue weighted by Gasteiger charge is -2.22. The molecule has 0 saturated carbocycles. The van der Waals surface area contributed by atoms with E-state index < -0.39 is 18.2 Å². The summed E-state index contributed by atoms with van der Waals surface area (Å²) in [6, 6.07) is 9.34. The number of ether oxygens (including phenoxy) is 2. The molecule has 1 aromatic carbocycles. The predicted molar refractivity (Wildman–Crippen MR) is 82.9 cm³/mol. The second kappa shape index (κ2) is 9.78. The first-order chi connectivity index (χ1) is 10.6. The Morgan fingerprint density at radius 3 is 2.55 bits per heavy atom. The molecule has 6 nitrogen and oxygen atoms in total. The highest BCUT2D eigenvalue weighted by molar-refractivity contribution is 5.78. The monoisotopic (exact) mass is 308 g/mol. The third-order valence-electron chi connectivity index (χ3n) is 3.06. The number of nitrogens with zero attached hydrogens (tertiary/aromatic N) is 1. The maximum absolute atomic E-state index is 11.9. The molecule has 1 aromatic rings. The molecule has 1 amide bonds. The van der Waals surface area contributed by atoms with Gasteiger partial charge in [0.15, 0.2) is 6.10 Å². The van der Waals surface area contributed by atoms with Crippen molar-refractivity contribution < 1.29 is 19.1 Å². The number of amides is 1. The smallest absolute Gasteiger partial charge is 0.425 e. The number of hydrazine groups is 1. The van der Waals surface area contributed by atoms with E-state index in [1.807, 2.05) is 37.3 Å². The van der Waals surface area contributed by atoms with Gasteiger partial charge in [0.25, 0.3) is 0 Å². The van der Waals surface area contributed by atoms with Gasteiger partial charge in [0.1, 0.15) is 6.61 Å². The predicted octanol–water partition coefficient (Wildman–Crippen LogP) is 2.49. The Kier molecular flexibility index (Phi) is 7.99. The van der Waals surface area contributed by atoms with Crippen LogP contribution in [-0.2, 0) is 20.9 Å². The molecule has 0 radical (unpaired) electrons. The number of carbonyl (C=O) groups is 2. The van der Waals surface area contributed by atoms with Crippen LogP contribution in [0.3, 0.4) is 0 Å². The fourth-order valence-corrected chi connectivity index (χ4v) is 1.72. The van der Waals surface area contributed by atoms with Crippen molar-refractivity contribution in [1.29, 1.82) is 0 Å². The van der Waals surface area contributed by atoms with Gasteiger partial charge in [-0.05, 0) is 18.9 Å². The van der Waals surface area contributed by atoms with Crippen molar-refractivity contribution in [2.45, 2.75) is 39.4 Å². The first-order valence-corrected chi connectivity index (χ1v) is 7.44. The molecule has 6 heteroatoms. The van der Waals surface area contributed by atoms with Gasteiger partial charge in [0.05, 0.1) is 0 Å². The van der Waals surface area contributed by atoms with E-state index in [1.54, 1.807) is 7.05 Å². The summed E-state index contributed by atoms with van der Waals surface area (Å²) in [7, 11) is 1.63. The molecule has 0 aromatic heterocycles. The Hall–Kier alpha value is -2.08. The van der Waals surface area contributed by atoms with Gasteiger partial charge < -0.3 is 9.47 Å². The summed E-state index contributed by atoms with van der Waals surface area (Å²) in [6.45, 7) is 4.21. The molecule has 1 rings (SSSR count). The van der Waals surface area contributed by atoms with E-state index in [-0.39, 0.29) is 6.61 Å². The fraction of sp³-hybridized carbons (Fsp3) is 0.500. The average molecular weight is 308 g/mol. The van der Waals surface area contributed by atoms with E-state index in [1.165, 1.54) is 11.9 Å². The van der Waals surface area contributed by atoms with Crippen molar-refractivity contribution in [1.82, 2.24) is 10.4 Å². The highest BCUT2D eigenvalue weighted by Crippen LogP contribution is 2.05. The second-order valence-corrected chi connectivity index (χ2v) is 4.85. The fourth-order valence-electron chi connectivity index (χ4n) is 1.72. The molecule has 0 saturated heterocycles. The third-order valence-corrected chi connectivity index (χ3v) is 3.06. The van der Waals surface area contributed by atoms with Crippen LogP contribution in [0.4, 0.5) is 4.79 Å². The van der Waals surface area contributed by atoms with Crippen molar-refractivity contribution in [3.05, 3.63) is 35.9 Å². The Labute approximate surface area is 131 Å². The number of rotatable bonds is 8. The van der Waals surface area contributed by atoms with E-state index in [4.69, 9.17) is 9.47 Å². The second-order valence-electron chi connectivity index (χ2n) is 4.85. The lowest BCUT2D eigenvalue weighted by molar-refractivity contribution is -0.154. The maximum atomic E-state index is 11.9. The lowest BCUT2D eigenvalue weighted by atomic mass is 10.2. The summed E-state index contributed by atoms with van der Waals surface area (Å²) in [5.74, 6) is -0.566. The zero-order valence-corrected chi connectivity index (χ0v) is 13.4. The van der Waals surface area contributed by atoms with E-state index in [9.17, 15) is 9.59 Å². The molecule has 1 N–H and O–H groups in total. The van der Waals surface area contributed by atoms with Crippen molar-refractivity contribution >= 4 is 12.1 Å². The normalized spacial score (nSPS) is 11.6. The minimum absolute atomic E-state index is 0.160. The molecule has 0 spiro atoms. The summed E-state index contributed by atoms with van der Waals surface area (Å²) < 4.78 is 10.2. The van der Waals surface area contributed by atoms with Gasteiger partial charge in [0.2, 0.25) is 0 Å². The van der Waals surface area contributed by atoms with Crippen LogP contribution in [0.1, 0.15) is 32.3 Å². The van der Waals surface area contributed by atoms with Crippen molar-refractivity contribution in [3.63, 3.8) is 0 Å². The zero-order chi connectivity index (χ0) is 16.4. The van der Waals surface area contributed by atoms with Gasteiger partial charge in [-0.15, -0.1) is 0 Å². The standard InChI is InChI=1S/C16H24N2O4/c1-4-5-11-18(17-3)16(20)22-13(2)15(19)21-12-14-9-7-6-8-10-14/h6-10,13,17H,4-5,11-12H2,1-3H3. The summed E-state index contributed by atoms with van der Waals surface area (Å²) in [6.07, 6.45) is 0.275. The van der Waals surface area contributed by atoms with Crippen LogP contribution in [0.15, 0.2) is 30.3 Å². The first kappa shape index (κ1) is 18.0. The van der Waals surface area contributed by atoms with Gasteiger partial charge in [0, 0.05) is 13.6 Å². The van der Waals surface area contributed by atoms with Crippen LogP contribution in [0.5, 0.6) is 0 Å². The van der Waals surface area contributed by atoms with Crippen LogP contribution in [0.2, 0.25) is 0 Å². The minimum atomic E-state index is -0.950. The first-order valence-electron chi connectivity index (χ1n) is 7.44. The summed E-state index contributed by atoms with van der Waals surface area (Å²) in [4.78, 5) is 23.7. The van der Waals surface area contributed by atoms with Crippen LogP contribution >= 0.6 is 0 Å². The van der Waals surface area contributed by atoms with Crippen LogP contribution in [0, 0.1) is 0 Å². The lowest BCUT2D eigenvalue weighted by Crippen LogP contribution is -2.43. The van der Waals surface area contributed by atoms with Gasteiger partial charge in [-0.2, -0.15) is 0 Å². The zero-order valence-electron chi connectivity index (χ0n) is 13.4. The quantitative estimate of drug-likeness (QED) is 0.590. The molecule has 122 valence electrons. The molecular weight excluding hydrogens is 284 g/mol. The molecular formula is C16H24N2O4. The van der Waals surface area contributed by atoms with Crippen molar-refractivity contribution in [2.24, 2.45) is 0 Å². The molecule has 0 aliphatic carbocycles. The summed E-state index contributed by atoms with van der Waals surface area (Å²) in [5.41, 5.74) is 3.63. The van der Waals surface area contributed by atoms with E-state index in [0.29, 0.717) is 6.54 Å². The molecule has 0 fully saturated rings. The molecule has 0 bridgehead atoms. The summed E-state index contributed by atoms with van der Waals surface area (Å²) in [5, 5.41) is 1.34. The number of benzene rings is 1. The van der Waals surface area contributed by atoms with E-state index in [2.05, 4.69) is 5.43 Å². The molecule has 0 aliphatic rings. The van der Waals surface area contributed by atoms with E-state index in [0.717, 1.165) is 18.4 Å². The average Bonchev–Trinajstić information content (AvgIpc) is 2.54.